The summed E-state index contributed by atoms with van der Waals surface area (Å²) in [5, 5.41) is 5.85. The Hall–Kier alpha value is -2.24. The van der Waals surface area contributed by atoms with Crippen LogP contribution in [0.5, 0.6) is 5.75 Å². The van der Waals surface area contributed by atoms with E-state index in [2.05, 4.69) is 10.6 Å². The lowest BCUT2D eigenvalue weighted by Gasteiger charge is -2.26. The third-order valence-electron chi connectivity index (χ3n) is 4.79. The third kappa shape index (κ3) is 5.37. The van der Waals surface area contributed by atoms with Crippen molar-refractivity contribution in [2.75, 3.05) is 20.2 Å². The molecule has 2 N–H and O–H groups in total. The van der Waals surface area contributed by atoms with Crippen molar-refractivity contribution in [2.45, 2.75) is 45.7 Å². The van der Waals surface area contributed by atoms with Gasteiger partial charge in [-0.15, -0.1) is 0 Å². The number of nitrogens with zero attached hydrogens (tertiary/aromatic N) is 1. The summed E-state index contributed by atoms with van der Waals surface area (Å²) in [5.41, 5.74) is 0.989. The predicted octanol–water partition coefficient (Wildman–Crippen LogP) is 2.53. The second kappa shape index (κ2) is 9.30. The van der Waals surface area contributed by atoms with E-state index in [1.807, 2.05) is 38.1 Å². The lowest BCUT2D eigenvalue weighted by atomic mass is 9.98. The second-order valence-electron chi connectivity index (χ2n) is 6.57. The van der Waals surface area contributed by atoms with Crippen molar-refractivity contribution in [3.05, 3.63) is 29.8 Å². The summed E-state index contributed by atoms with van der Waals surface area (Å²) in [6.07, 6.45) is 2.89. The van der Waals surface area contributed by atoms with Gasteiger partial charge in [-0.05, 0) is 36.5 Å². The maximum atomic E-state index is 12.6. The number of nitrogens with one attached hydrogen (secondary N) is 2. The standard InChI is InChI=1S/C19H29N3O3/c1-4-14(2)17(21-19(24)22-11-5-6-12-22)18(23)20-13-15-7-9-16(25-3)10-8-15/h7-10,14,17H,4-6,11-13H2,1-3H3,(H,20,23)(H,21,24)/t14-,17-/m0/s1. The molecule has 1 fully saturated rings. The number of hydrogen-bond acceptors (Lipinski definition) is 3. The Morgan fingerprint density at radius 1 is 1.20 bits per heavy atom. The average Bonchev–Trinajstić information content (AvgIpc) is 3.18. The van der Waals surface area contributed by atoms with E-state index in [9.17, 15) is 9.59 Å². The summed E-state index contributed by atoms with van der Waals surface area (Å²) in [6.45, 7) is 5.98. The van der Waals surface area contributed by atoms with Gasteiger partial charge in [0.25, 0.3) is 0 Å². The first-order chi connectivity index (χ1) is 12.0. The van der Waals surface area contributed by atoms with Gasteiger partial charge in [0.1, 0.15) is 11.8 Å². The molecule has 1 aromatic carbocycles. The SMILES string of the molecule is CC[C@H](C)[C@H](NC(=O)N1CCCC1)C(=O)NCc1ccc(OC)cc1. The van der Waals surface area contributed by atoms with Crippen LogP contribution in [-0.4, -0.2) is 43.1 Å². The average molecular weight is 347 g/mol. The van der Waals surface area contributed by atoms with Crippen molar-refractivity contribution in [1.29, 1.82) is 0 Å². The van der Waals surface area contributed by atoms with Gasteiger partial charge < -0.3 is 20.3 Å². The quantitative estimate of drug-likeness (QED) is 0.796. The summed E-state index contributed by atoms with van der Waals surface area (Å²) in [5.74, 6) is 0.713. The van der Waals surface area contributed by atoms with E-state index < -0.39 is 6.04 Å². The Morgan fingerprint density at radius 3 is 2.40 bits per heavy atom. The molecule has 6 heteroatoms. The van der Waals surface area contributed by atoms with Crippen molar-refractivity contribution >= 4 is 11.9 Å². The molecule has 1 aliphatic rings. The highest BCUT2D eigenvalue weighted by atomic mass is 16.5. The van der Waals surface area contributed by atoms with Crippen LogP contribution in [-0.2, 0) is 11.3 Å². The number of ether oxygens (including phenoxy) is 1. The number of carbonyl (C=O) groups is 2. The summed E-state index contributed by atoms with van der Waals surface area (Å²) < 4.78 is 5.13. The van der Waals surface area contributed by atoms with Crippen molar-refractivity contribution in [3.8, 4) is 5.75 Å². The van der Waals surface area contributed by atoms with Crippen molar-refractivity contribution < 1.29 is 14.3 Å². The molecule has 1 heterocycles. The highest BCUT2D eigenvalue weighted by Crippen LogP contribution is 2.13. The molecule has 25 heavy (non-hydrogen) atoms. The number of benzene rings is 1. The molecular formula is C19H29N3O3. The maximum absolute atomic E-state index is 12.6. The number of methoxy groups -OCH3 is 1. The summed E-state index contributed by atoms with van der Waals surface area (Å²) in [7, 11) is 1.62. The van der Waals surface area contributed by atoms with Gasteiger partial charge in [0.05, 0.1) is 7.11 Å². The number of likely N-dealkylation sites (tertiary alicyclic amines) is 1. The van der Waals surface area contributed by atoms with Gasteiger partial charge in [-0.25, -0.2) is 4.79 Å². The molecular weight excluding hydrogens is 318 g/mol. The minimum absolute atomic E-state index is 0.0717. The zero-order chi connectivity index (χ0) is 18.2. The maximum Gasteiger partial charge on any atom is 0.318 e. The number of hydrogen-bond donors (Lipinski definition) is 2. The van der Waals surface area contributed by atoms with Gasteiger partial charge in [-0.2, -0.15) is 0 Å². The van der Waals surface area contributed by atoms with E-state index in [-0.39, 0.29) is 17.9 Å². The first-order valence-electron chi connectivity index (χ1n) is 9.01. The van der Waals surface area contributed by atoms with Crippen LogP contribution >= 0.6 is 0 Å². The van der Waals surface area contributed by atoms with E-state index >= 15 is 0 Å². The van der Waals surface area contributed by atoms with E-state index in [0.29, 0.717) is 6.54 Å². The molecule has 0 bridgehead atoms. The fourth-order valence-electron chi connectivity index (χ4n) is 2.89. The van der Waals surface area contributed by atoms with Gasteiger partial charge in [0, 0.05) is 19.6 Å². The molecule has 0 unspecified atom stereocenters. The number of amides is 3. The number of urea groups is 1. The molecule has 2 atom stereocenters. The van der Waals surface area contributed by atoms with Gasteiger partial charge in [-0.1, -0.05) is 32.4 Å². The minimum atomic E-state index is -0.517. The van der Waals surface area contributed by atoms with Crippen molar-refractivity contribution in [1.82, 2.24) is 15.5 Å². The van der Waals surface area contributed by atoms with Crippen LogP contribution < -0.4 is 15.4 Å². The molecule has 1 aliphatic heterocycles. The smallest absolute Gasteiger partial charge is 0.318 e. The van der Waals surface area contributed by atoms with Gasteiger partial charge >= 0.3 is 6.03 Å². The molecule has 0 saturated carbocycles. The number of carbonyl (C=O) groups excluding carboxylic acids is 2. The summed E-state index contributed by atoms with van der Waals surface area (Å²) in [4.78, 5) is 26.8. The Morgan fingerprint density at radius 2 is 1.84 bits per heavy atom. The molecule has 1 aromatic rings. The largest absolute Gasteiger partial charge is 0.497 e. The Balaban J connectivity index is 1.93. The molecule has 0 aliphatic carbocycles. The molecule has 0 spiro atoms. The number of rotatable bonds is 7. The van der Waals surface area contributed by atoms with E-state index in [1.165, 1.54) is 0 Å². The van der Waals surface area contributed by atoms with Crippen molar-refractivity contribution in [3.63, 3.8) is 0 Å². The molecule has 0 aromatic heterocycles. The third-order valence-corrected chi connectivity index (χ3v) is 4.79. The first kappa shape index (κ1) is 19.1. The first-order valence-corrected chi connectivity index (χ1v) is 9.01. The minimum Gasteiger partial charge on any atom is -0.497 e. The van der Waals surface area contributed by atoms with Gasteiger partial charge in [0.15, 0.2) is 0 Å². The Bertz CT molecular complexity index is 568. The van der Waals surface area contributed by atoms with E-state index in [4.69, 9.17) is 4.74 Å². The zero-order valence-corrected chi connectivity index (χ0v) is 15.4. The molecule has 138 valence electrons. The lowest BCUT2D eigenvalue weighted by Crippen LogP contribution is -2.53. The van der Waals surface area contributed by atoms with E-state index in [1.54, 1.807) is 12.0 Å². The van der Waals surface area contributed by atoms with Gasteiger partial charge in [-0.3, -0.25) is 4.79 Å². The Kier molecular flexibility index (Phi) is 7.10. The topological polar surface area (TPSA) is 70.7 Å². The summed E-state index contributed by atoms with van der Waals surface area (Å²) in [6, 6.07) is 6.91. The van der Waals surface area contributed by atoms with Crippen LogP contribution in [0.25, 0.3) is 0 Å². The molecule has 2 rings (SSSR count). The van der Waals surface area contributed by atoms with Crippen LogP contribution in [0.4, 0.5) is 4.79 Å². The highest BCUT2D eigenvalue weighted by Gasteiger charge is 2.28. The summed E-state index contributed by atoms with van der Waals surface area (Å²) >= 11 is 0. The Labute approximate surface area is 149 Å². The normalized spacial score (nSPS) is 16.2. The molecule has 0 radical (unpaired) electrons. The molecule has 3 amide bonds. The van der Waals surface area contributed by atoms with Gasteiger partial charge in [0.2, 0.25) is 5.91 Å². The zero-order valence-electron chi connectivity index (χ0n) is 15.4. The highest BCUT2D eigenvalue weighted by molar-refractivity contribution is 5.87. The van der Waals surface area contributed by atoms with Crippen LogP contribution in [0.3, 0.4) is 0 Å². The lowest BCUT2D eigenvalue weighted by molar-refractivity contribution is -0.124. The van der Waals surface area contributed by atoms with E-state index in [0.717, 1.165) is 43.7 Å². The fourth-order valence-corrected chi connectivity index (χ4v) is 2.89. The van der Waals surface area contributed by atoms with Crippen LogP contribution in [0.15, 0.2) is 24.3 Å². The van der Waals surface area contributed by atoms with Crippen LogP contribution in [0.1, 0.15) is 38.7 Å². The van der Waals surface area contributed by atoms with Crippen molar-refractivity contribution in [2.24, 2.45) is 5.92 Å². The van der Waals surface area contributed by atoms with Crippen LogP contribution in [0, 0.1) is 5.92 Å². The monoisotopic (exact) mass is 347 g/mol. The second-order valence-corrected chi connectivity index (χ2v) is 6.57. The van der Waals surface area contributed by atoms with Crippen LogP contribution in [0.2, 0.25) is 0 Å². The molecule has 1 saturated heterocycles. The predicted molar refractivity (Wildman–Crippen MR) is 97.4 cm³/mol. The fraction of sp³-hybridized carbons (Fsp3) is 0.579. The molecule has 6 nitrogen and oxygen atoms in total.